The molecule has 0 aliphatic carbocycles. The number of carbonyl (C=O) groups is 12. The minimum absolute atomic E-state index is 0.0103. The van der Waals surface area contributed by atoms with Crippen LogP contribution in [-0.4, -0.2) is 157 Å². The van der Waals surface area contributed by atoms with Gasteiger partial charge in [0.05, 0.1) is 44.5 Å². The standard InChI is InChI=1S/C45H32N4O20S4/c50-29-21-9-1-2-10-22(21)30(51)46(29)70-41(62)37(58)66-17-45(18-67-38(59)42(63)71-47-31(52)23-11-3-4-12-24(23)32(47)53,19-68-39(60)43(64)72-48-33(54)25-13-5-6-14-26(25)34(48)55)20-69-40(61)44(65)73-49-35(56)27-15-7-8-16-28(27)36(49)57/h1-16,41-44,62-65H,17-20H2. The molecule has 4 N–H and O–H groups in total. The van der Waals surface area contributed by atoms with Crippen molar-refractivity contribution in [1.29, 1.82) is 0 Å². The maximum absolute atomic E-state index is 13.4. The Balaban J connectivity index is 1.03. The predicted octanol–water partition coefficient (Wildman–Crippen LogP) is 1.20. The number of aliphatic hydroxyl groups excluding tert-OH is 4. The van der Waals surface area contributed by atoms with Crippen LogP contribution in [-0.2, 0) is 38.1 Å². The summed E-state index contributed by atoms with van der Waals surface area (Å²) in [6.45, 7) is -5.04. The highest BCUT2D eigenvalue weighted by Crippen LogP contribution is 2.35. The number of fused-ring (bicyclic) bond motifs is 4. The van der Waals surface area contributed by atoms with Crippen molar-refractivity contribution in [3.63, 3.8) is 0 Å². The van der Waals surface area contributed by atoms with E-state index < -0.39 is 125 Å². The third kappa shape index (κ3) is 10.3. The minimum atomic E-state index is -2.46. The van der Waals surface area contributed by atoms with Crippen molar-refractivity contribution in [2.75, 3.05) is 26.4 Å². The summed E-state index contributed by atoms with van der Waals surface area (Å²) in [6, 6.07) is 22.2. The lowest BCUT2D eigenvalue weighted by Crippen LogP contribution is -2.46. The third-order valence-corrected chi connectivity index (χ3v) is 14.5. The second-order valence-electron chi connectivity index (χ2n) is 15.6. The number of imide groups is 4. The number of hydrogen-bond donors (Lipinski definition) is 4. The van der Waals surface area contributed by atoms with Crippen LogP contribution in [0.15, 0.2) is 97.1 Å². The summed E-state index contributed by atoms with van der Waals surface area (Å²) in [7, 11) is 0. The van der Waals surface area contributed by atoms with E-state index in [-0.39, 0.29) is 92.3 Å². The first-order valence-corrected chi connectivity index (χ1v) is 24.1. The van der Waals surface area contributed by atoms with Gasteiger partial charge < -0.3 is 39.4 Å². The molecule has 0 fully saturated rings. The van der Waals surface area contributed by atoms with Crippen LogP contribution in [0.5, 0.6) is 0 Å². The number of nitrogens with zero attached hydrogens (tertiary/aromatic N) is 4. The summed E-state index contributed by atoms with van der Waals surface area (Å²) < 4.78 is 23.0. The molecule has 28 heteroatoms. The van der Waals surface area contributed by atoms with Gasteiger partial charge in [0.1, 0.15) is 31.8 Å². The number of esters is 4. The molecule has 376 valence electrons. The van der Waals surface area contributed by atoms with E-state index in [0.29, 0.717) is 17.2 Å². The minimum Gasteiger partial charge on any atom is -0.462 e. The first-order chi connectivity index (χ1) is 34.8. The van der Waals surface area contributed by atoms with E-state index >= 15 is 0 Å². The zero-order valence-corrected chi connectivity index (χ0v) is 39.9. The van der Waals surface area contributed by atoms with Gasteiger partial charge in [0, 0.05) is 47.8 Å². The van der Waals surface area contributed by atoms with Gasteiger partial charge in [-0.3, -0.25) is 38.4 Å². The zero-order chi connectivity index (χ0) is 52.5. The van der Waals surface area contributed by atoms with E-state index in [4.69, 9.17) is 18.9 Å². The molecule has 4 aromatic carbocycles. The molecule has 0 spiro atoms. The lowest BCUT2D eigenvalue weighted by Gasteiger charge is -2.32. The number of hydrogen-bond acceptors (Lipinski definition) is 24. The van der Waals surface area contributed by atoms with Crippen LogP contribution in [0.4, 0.5) is 0 Å². The number of rotatable bonds is 20. The maximum Gasteiger partial charge on any atom is 0.347 e. The summed E-state index contributed by atoms with van der Waals surface area (Å²) in [5.41, 5.74) is -12.5. The van der Waals surface area contributed by atoms with Crippen molar-refractivity contribution in [1.82, 2.24) is 17.2 Å². The SMILES string of the molecule is O=C(OCC(COC(=O)C(O)SN1C(=O)c2ccccc2C1=O)(COC(=O)C(O)SN1C(=O)c2ccccc2C1=O)COC(=O)C(O)SN1C(=O)c2ccccc2C1=O)C(O)SN1C(=O)c2ccccc2C1=O. The maximum atomic E-state index is 13.4. The van der Waals surface area contributed by atoms with Crippen LogP contribution in [0.1, 0.15) is 82.9 Å². The number of carbonyl (C=O) groups excluding carboxylic acids is 12. The fraction of sp³-hybridized carbons (Fsp3) is 0.200. The lowest BCUT2D eigenvalue weighted by molar-refractivity contribution is -0.176. The van der Waals surface area contributed by atoms with E-state index in [1.165, 1.54) is 97.1 Å². The van der Waals surface area contributed by atoms with E-state index in [1.807, 2.05) is 0 Å². The molecule has 4 aliphatic rings. The van der Waals surface area contributed by atoms with Gasteiger partial charge in [-0.05, 0) is 48.5 Å². The molecule has 8 amide bonds. The molecule has 4 unspecified atom stereocenters. The van der Waals surface area contributed by atoms with E-state index in [2.05, 4.69) is 0 Å². The van der Waals surface area contributed by atoms with Gasteiger partial charge in [0.2, 0.25) is 21.7 Å². The van der Waals surface area contributed by atoms with Crippen molar-refractivity contribution >= 4 is 119 Å². The summed E-state index contributed by atoms with van der Waals surface area (Å²) >= 11 is 0.0412. The molecule has 0 saturated carbocycles. The smallest absolute Gasteiger partial charge is 0.347 e. The highest BCUT2D eigenvalue weighted by molar-refractivity contribution is 8.00. The molecule has 4 atom stereocenters. The topological polar surface area (TPSA) is 336 Å². The first kappa shape index (κ1) is 51.9. The fourth-order valence-electron chi connectivity index (χ4n) is 7.06. The average Bonchev–Trinajstić information content (AvgIpc) is 3.98. The Morgan fingerprint density at radius 2 is 0.493 bits per heavy atom. The number of ether oxygens (including phenoxy) is 4. The van der Waals surface area contributed by atoms with E-state index in [1.54, 1.807) is 0 Å². The van der Waals surface area contributed by atoms with Crippen molar-refractivity contribution < 1.29 is 96.9 Å². The molecular weight excluding hydrogens is 1040 g/mol. The number of amides is 8. The second-order valence-corrected chi connectivity index (χ2v) is 19.7. The van der Waals surface area contributed by atoms with Crippen LogP contribution >= 0.6 is 47.8 Å². The van der Waals surface area contributed by atoms with Crippen molar-refractivity contribution in [2.24, 2.45) is 5.41 Å². The normalized spacial score (nSPS) is 17.2. The summed E-state index contributed by atoms with van der Waals surface area (Å²) in [5, 5.41) is 43.6. The zero-order valence-electron chi connectivity index (χ0n) is 36.6. The average molecular weight is 1080 g/mol. The summed E-state index contributed by atoms with van der Waals surface area (Å²) in [6.07, 6.45) is 0. The van der Waals surface area contributed by atoms with Crippen molar-refractivity contribution in [2.45, 2.75) is 21.7 Å². The van der Waals surface area contributed by atoms with Crippen LogP contribution in [0.25, 0.3) is 0 Å². The Morgan fingerprint density at radius 3 is 0.644 bits per heavy atom. The molecule has 0 radical (unpaired) electrons. The molecule has 24 nitrogen and oxygen atoms in total. The van der Waals surface area contributed by atoms with Gasteiger partial charge in [0.15, 0.2) is 0 Å². The van der Waals surface area contributed by atoms with Crippen LogP contribution in [0.2, 0.25) is 0 Å². The molecule has 8 rings (SSSR count). The Kier molecular flexibility index (Phi) is 15.2. The molecule has 73 heavy (non-hydrogen) atoms. The van der Waals surface area contributed by atoms with Gasteiger partial charge in [-0.25, -0.2) is 36.4 Å². The van der Waals surface area contributed by atoms with Gasteiger partial charge in [-0.1, -0.05) is 48.5 Å². The summed E-state index contributed by atoms with van der Waals surface area (Å²) in [4.78, 5) is 158. The van der Waals surface area contributed by atoms with Gasteiger partial charge in [0.25, 0.3) is 47.3 Å². The van der Waals surface area contributed by atoms with Gasteiger partial charge in [-0.15, -0.1) is 0 Å². The largest absolute Gasteiger partial charge is 0.462 e. The predicted molar refractivity (Wildman–Crippen MR) is 248 cm³/mol. The second kappa shape index (κ2) is 21.3. The van der Waals surface area contributed by atoms with Crippen LogP contribution in [0.3, 0.4) is 0 Å². The Hall–Kier alpha value is -7.44. The summed E-state index contributed by atoms with van der Waals surface area (Å²) in [5.74, 6) is -13.8. The molecule has 4 aromatic rings. The monoisotopic (exact) mass is 1080 g/mol. The number of benzene rings is 4. The molecule has 0 aromatic heterocycles. The Bertz CT molecular complexity index is 2520. The van der Waals surface area contributed by atoms with E-state index in [9.17, 15) is 78.0 Å². The molecule has 0 bridgehead atoms. The Morgan fingerprint density at radius 1 is 0.342 bits per heavy atom. The third-order valence-electron chi connectivity index (χ3n) is 10.7. The molecule has 4 aliphatic heterocycles. The highest BCUT2D eigenvalue weighted by atomic mass is 32.2. The molecule has 0 saturated heterocycles. The number of aliphatic hydroxyl groups is 4. The van der Waals surface area contributed by atoms with Crippen LogP contribution < -0.4 is 0 Å². The first-order valence-electron chi connectivity index (χ1n) is 20.8. The van der Waals surface area contributed by atoms with Crippen molar-refractivity contribution in [3.8, 4) is 0 Å². The molecular formula is C45H32N4O20S4. The lowest BCUT2D eigenvalue weighted by atomic mass is 9.92. The molecule has 4 heterocycles. The highest BCUT2D eigenvalue weighted by Gasteiger charge is 2.46. The van der Waals surface area contributed by atoms with Crippen LogP contribution in [0, 0.1) is 5.41 Å². The van der Waals surface area contributed by atoms with Gasteiger partial charge >= 0.3 is 23.9 Å². The van der Waals surface area contributed by atoms with Crippen molar-refractivity contribution in [3.05, 3.63) is 142 Å². The Labute approximate surface area is 426 Å². The fourth-order valence-corrected chi connectivity index (χ4v) is 10.0. The quantitative estimate of drug-likeness (QED) is 0.0318. The van der Waals surface area contributed by atoms with Gasteiger partial charge in [-0.2, -0.15) is 0 Å². The van der Waals surface area contributed by atoms with E-state index in [0.717, 1.165) is 0 Å².